The van der Waals surface area contributed by atoms with Crippen LogP contribution in [0.25, 0.3) is 0 Å². The molecule has 0 saturated carbocycles. The first-order valence-electron chi connectivity index (χ1n) is 10.6. The Balaban J connectivity index is 1.56. The van der Waals surface area contributed by atoms with Crippen molar-refractivity contribution in [2.45, 2.75) is 38.3 Å². The average molecular weight is 413 g/mol. The third kappa shape index (κ3) is 5.86. The smallest absolute Gasteiger partial charge is 0.309 e. The van der Waals surface area contributed by atoms with Gasteiger partial charge in [-0.3, -0.25) is 14.5 Å². The fourth-order valence-electron chi connectivity index (χ4n) is 3.92. The molecule has 0 aliphatic carbocycles. The fourth-order valence-corrected chi connectivity index (χ4v) is 3.92. The first kappa shape index (κ1) is 21.9. The van der Waals surface area contributed by atoms with Crippen molar-refractivity contribution in [3.8, 4) is 5.75 Å². The van der Waals surface area contributed by atoms with E-state index in [0.29, 0.717) is 13.1 Å². The van der Waals surface area contributed by atoms with Crippen molar-refractivity contribution in [3.05, 3.63) is 53.9 Å². The number of nitrogens with zero attached hydrogens (tertiary/aromatic N) is 2. The van der Waals surface area contributed by atoms with Gasteiger partial charge in [-0.25, -0.2) is 0 Å². The van der Waals surface area contributed by atoms with Crippen molar-refractivity contribution in [3.63, 3.8) is 0 Å². The van der Waals surface area contributed by atoms with Crippen LogP contribution in [-0.4, -0.2) is 48.0 Å². The predicted octanol–water partition coefficient (Wildman–Crippen LogP) is 2.38. The molecule has 1 aliphatic heterocycles. The molecule has 1 aromatic carbocycles. The number of amides is 2. The molecule has 1 aliphatic rings. The van der Waals surface area contributed by atoms with Gasteiger partial charge in [-0.05, 0) is 55.8 Å². The number of ether oxygens (including phenoxy) is 1. The van der Waals surface area contributed by atoms with Crippen molar-refractivity contribution in [2.24, 2.45) is 7.05 Å². The Bertz CT molecular complexity index is 823. The maximum atomic E-state index is 12.4. The molecule has 1 atom stereocenters. The van der Waals surface area contributed by atoms with Gasteiger partial charge in [0, 0.05) is 32.0 Å². The number of methoxy groups -OCH3 is 1. The summed E-state index contributed by atoms with van der Waals surface area (Å²) in [5.74, 6) is -0.465. The van der Waals surface area contributed by atoms with Crippen LogP contribution in [0.4, 0.5) is 0 Å². The average Bonchev–Trinajstić information content (AvgIpc) is 3.01. The maximum Gasteiger partial charge on any atom is 0.309 e. The van der Waals surface area contributed by atoms with Crippen LogP contribution in [-0.2, 0) is 23.2 Å². The summed E-state index contributed by atoms with van der Waals surface area (Å²) in [4.78, 5) is 27.1. The highest BCUT2D eigenvalue weighted by molar-refractivity contribution is 6.35. The van der Waals surface area contributed by atoms with Crippen molar-refractivity contribution in [1.82, 2.24) is 20.1 Å². The fraction of sp³-hybridized carbons (Fsp3) is 0.478. The summed E-state index contributed by atoms with van der Waals surface area (Å²) < 4.78 is 7.22. The van der Waals surface area contributed by atoms with Crippen molar-refractivity contribution in [2.75, 3.05) is 26.7 Å². The number of benzene rings is 1. The summed E-state index contributed by atoms with van der Waals surface area (Å²) in [7, 11) is 3.62. The van der Waals surface area contributed by atoms with Crippen LogP contribution in [0.1, 0.15) is 43.0 Å². The minimum Gasteiger partial charge on any atom is -0.497 e. The Morgan fingerprint density at radius 3 is 2.27 bits per heavy atom. The lowest BCUT2D eigenvalue weighted by molar-refractivity contribution is -0.139. The minimum absolute atomic E-state index is 0.0569. The Hall–Kier alpha value is -2.80. The van der Waals surface area contributed by atoms with Crippen molar-refractivity contribution in [1.29, 1.82) is 0 Å². The summed E-state index contributed by atoms with van der Waals surface area (Å²) in [5.41, 5.74) is 2.05. The lowest BCUT2D eigenvalue weighted by Gasteiger charge is -2.31. The molecule has 1 saturated heterocycles. The molecule has 0 radical (unpaired) electrons. The van der Waals surface area contributed by atoms with E-state index in [1.54, 1.807) is 7.11 Å². The molecule has 7 nitrogen and oxygen atoms in total. The standard InChI is InChI=1S/C23H32N4O3/c1-26-13-7-8-20(26)21(27-14-5-3-4-6-15-27)17-25-23(29)22(28)24-16-18-9-11-19(30-2)12-10-18/h7-13,21H,3-6,14-17H2,1-2H3,(H,24,28)(H,25,29). The number of carbonyl (C=O) groups is 2. The van der Waals surface area contributed by atoms with E-state index in [1.807, 2.05) is 43.6 Å². The van der Waals surface area contributed by atoms with Gasteiger partial charge in [0.2, 0.25) is 0 Å². The third-order valence-electron chi connectivity index (χ3n) is 5.68. The molecular formula is C23H32N4O3. The van der Waals surface area contributed by atoms with Gasteiger partial charge >= 0.3 is 11.8 Å². The van der Waals surface area contributed by atoms with Crippen LogP contribution < -0.4 is 15.4 Å². The van der Waals surface area contributed by atoms with Gasteiger partial charge in [0.1, 0.15) is 5.75 Å². The normalized spacial score (nSPS) is 15.8. The Labute approximate surface area is 178 Å². The van der Waals surface area contributed by atoms with E-state index in [-0.39, 0.29) is 6.04 Å². The first-order valence-corrected chi connectivity index (χ1v) is 10.6. The second-order valence-electron chi connectivity index (χ2n) is 7.75. The molecule has 2 amide bonds. The van der Waals surface area contributed by atoms with E-state index in [1.165, 1.54) is 12.8 Å². The summed E-state index contributed by atoms with van der Waals surface area (Å²) in [5, 5.41) is 5.53. The molecule has 3 rings (SSSR count). The zero-order chi connectivity index (χ0) is 21.3. The monoisotopic (exact) mass is 412 g/mol. The summed E-state index contributed by atoms with van der Waals surface area (Å²) >= 11 is 0. The summed E-state index contributed by atoms with van der Waals surface area (Å²) in [6.45, 7) is 2.72. The molecule has 1 fully saturated rings. The highest BCUT2D eigenvalue weighted by Crippen LogP contribution is 2.24. The number of aryl methyl sites for hydroxylation is 1. The van der Waals surface area contributed by atoms with E-state index in [4.69, 9.17) is 4.74 Å². The number of aromatic nitrogens is 1. The van der Waals surface area contributed by atoms with Gasteiger partial charge in [-0.1, -0.05) is 25.0 Å². The van der Waals surface area contributed by atoms with Crippen LogP contribution in [0.2, 0.25) is 0 Å². The predicted molar refractivity (Wildman–Crippen MR) is 116 cm³/mol. The number of rotatable bonds is 7. The summed E-state index contributed by atoms with van der Waals surface area (Å²) in [6, 6.07) is 11.5. The highest BCUT2D eigenvalue weighted by Gasteiger charge is 2.25. The van der Waals surface area contributed by atoms with Crippen LogP contribution in [0.5, 0.6) is 5.75 Å². The number of nitrogens with one attached hydrogen (secondary N) is 2. The van der Waals surface area contributed by atoms with E-state index in [9.17, 15) is 9.59 Å². The zero-order valence-corrected chi connectivity index (χ0v) is 17.9. The summed E-state index contributed by atoms with van der Waals surface area (Å²) in [6.07, 6.45) is 6.84. The quantitative estimate of drug-likeness (QED) is 0.685. The number of carbonyl (C=O) groups excluding carboxylic acids is 2. The van der Waals surface area contributed by atoms with Crippen LogP contribution in [0, 0.1) is 0 Å². The lowest BCUT2D eigenvalue weighted by atomic mass is 10.1. The highest BCUT2D eigenvalue weighted by atomic mass is 16.5. The second kappa shape index (κ2) is 10.8. The Kier molecular flexibility index (Phi) is 7.90. The minimum atomic E-state index is -0.618. The van der Waals surface area contributed by atoms with Gasteiger partial charge in [0.25, 0.3) is 0 Å². The Morgan fingerprint density at radius 1 is 1.00 bits per heavy atom. The van der Waals surface area contributed by atoms with Crippen LogP contribution in [0.15, 0.2) is 42.6 Å². The van der Waals surface area contributed by atoms with Gasteiger partial charge in [0.05, 0.1) is 13.2 Å². The number of likely N-dealkylation sites (tertiary alicyclic amines) is 1. The Morgan fingerprint density at radius 2 is 1.67 bits per heavy atom. The molecule has 2 N–H and O–H groups in total. The molecule has 30 heavy (non-hydrogen) atoms. The van der Waals surface area contributed by atoms with Gasteiger partial charge in [-0.2, -0.15) is 0 Å². The SMILES string of the molecule is COc1ccc(CNC(=O)C(=O)NCC(c2cccn2C)N2CCCCCC2)cc1. The molecule has 162 valence electrons. The van der Waals surface area contributed by atoms with E-state index >= 15 is 0 Å². The van der Waals surface area contributed by atoms with Crippen LogP contribution in [0.3, 0.4) is 0 Å². The van der Waals surface area contributed by atoms with E-state index in [0.717, 1.165) is 42.9 Å². The first-order chi connectivity index (χ1) is 14.6. The van der Waals surface area contributed by atoms with Gasteiger partial charge in [-0.15, -0.1) is 0 Å². The molecule has 7 heteroatoms. The van der Waals surface area contributed by atoms with Crippen LogP contribution >= 0.6 is 0 Å². The molecule has 2 heterocycles. The number of hydrogen-bond acceptors (Lipinski definition) is 4. The molecule has 0 spiro atoms. The van der Waals surface area contributed by atoms with Gasteiger partial charge < -0.3 is 19.9 Å². The van der Waals surface area contributed by atoms with Gasteiger partial charge in [0.15, 0.2) is 0 Å². The van der Waals surface area contributed by atoms with E-state index in [2.05, 4.69) is 26.2 Å². The zero-order valence-electron chi connectivity index (χ0n) is 17.9. The largest absolute Gasteiger partial charge is 0.497 e. The van der Waals surface area contributed by atoms with Crippen molar-refractivity contribution >= 4 is 11.8 Å². The van der Waals surface area contributed by atoms with Crippen molar-refractivity contribution < 1.29 is 14.3 Å². The molecule has 2 aromatic rings. The van der Waals surface area contributed by atoms with E-state index < -0.39 is 11.8 Å². The second-order valence-corrected chi connectivity index (χ2v) is 7.75. The topological polar surface area (TPSA) is 75.6 Å². The molecular weight excluding hydrogens is 380 g/mol. The lowest BCUT2D eigenvalue weighted by Crippen LogP contribution is -2.44. The molecule has 1 unspecified atom stereocenters. The molecule has 0 bridgehead atoms. The molecule has 1 aromatic heterocycles. The maximum absolute atomic E-state index is 12.4. The third-order valence-corrected chi connectivity index (χ3v) is 5.68. The number of hydrogen-bond donors (Lipinski definition) is 2.